The number of thiazole rings is 1. The number of ether oxygens (including phenoxy) is 1. The molecule has 0 amide bonds. The van der Waals surface area contributed by atoms with Gasteiger partial charge in [0.1, 0.15) is 0 Å². The van der Waals surface area contributed by atoms with E-state index in [2.05, 4.69) is 48.4 Å². The zero-order valence-electron chi connectivity index (χ0n) is 15.2. The van der Waals surface area contributed by atoms with Gasteiger partial charge < -0.3 is 15.0 Å². The van der Waals surface area contributed by atoms with Gasteiger partial charge in [0.2, 0.25) is 0 Å². The van der Waals surface area contributed by atoms with Crippen molar-refractivity contribution in [2.45, 2.75) is 52.8 Å². The van der Waals surface area contributed by atoms with Crippen molar-refractivity contribution in [3.05, 3.63) is 16.1 Å². The van der Waals surface area contributed by atoms with E-state index in [9.17, 15) is 0 Å². The number of aliphatic imine (C=N–C) groups is 1. The molecule has 7 heteroatoms. The van der Waals surface area contributed by atoms with E-state index in [1.807, 2.05) is 6.92 Å². The standard InChI is InChI=1S/C17H28N4OS.HI/c1-6-18-16(21(5)9-12-10-23-11(2)19-12)20-14-13-7-8-22-15(13)17(14,3)4;/h10,13-15H,6-9H2,1-5H3,(H,18,20);1H. The first-order chi connectivity index (χ1) is 10.9. The minimum absolute atomic E-state index is 0. The number of aryl methyl sites for hydroxylation is 1. The van der Waals surface area contributed by atoms with E-state index in [1.54, 1.807) is 11.3 Å². The molecule has 3 unspecified atom stereocenters. The number of nitrogens with zero attached hydrogens (tertiary/aromatic N) is 3. The zero-order chi connectivity index (χ0) is 16.6. The fourth-order valence-corrected chi connectivity index (χ4v) is 4.59. The third-order valence-corrected chi connectivity index (χ3v) is 5.94. The van der Waals surface area contributed by atoms with Crippen molar-refractivity contribution in [3.63, 3.8) is 0 Å². The van der Waals surface area contributed by atoms with Crippen LogP contribution in [0.2, 0.25) is 0 Å². The van der Waals surface area contributed by atoms with Crippen molar-refractivity contribution in [2.24, 2.45) is 16.3 Å². The lowest BCUT2D eigenvalue weighted by molar-refractivity contribution is -0.107. The highest BCUT2D eigenvalue weighted by Crippen LogP contribution is 2.52. The summed E-state index contributed by atoms with van der Waals surface area (Å²) in [5, 5.41) is 6.96. The molecule has 1 aliphatic carbocycles. The first kappa shape index (κ1) is 19.9. The van der Waals surface area contributed by atoms with Gasteiger partial charge in [-0.15, -0.1) is 35.3 Å². The van der Waals surface area contributed by atoms with E-state index in [1.165, 1.54) is 0 Å². The Labute approximate surface area is 166 Å². The van der Waals surface area contributed by atoms with Gasteiger partial charge in [-0.1, -0.05) is 13.8 Å². The molecule has 1 aromatic heterocycles. The summed E-state index contributed by atoms with van der Waals surface area (Å²) in [6.45, 7) is 11.2. The number of fused-ring (bicyclic) bond motifs is 1. The van der Waals surface area contributed by atoms with Crippen molar-refractivity contribution in [3.8, 4) is 0 Å². The van der Waals surface area contributed by atoms with Crippen LogP contribution in [0, 0.1) is 18.3 Å². The predicted molar refractivity (Wildman–Crippen MR) is 110 cm³/mol. The third kappa shape index (κ3) is 3.72. The number of halogens is 1. The lowest BCUT2D eigenvalue weighted by Crippen LogP contribution is -2.67. The van der Waals surface area contributed by atoms with Gasteiger partial charge in [-0.2, -0.15) is 0 Å². The SMILES string of the molecule is CCN=C(NC1C2CCOC2C1(C)C)N(C)Cc1csc(C)n1.I. The van der Waals surface area contributed by atoms with Crippen molar-refractivity contribution < 1.29 is 4.74 Å². The maximum atomic E-state index is 5.90. The average Bonchev–Trinajstić information content (AvgIpc) is 3.11. The van der Waals surface area contributed by atoms with Crippen LogP contribution in [0.3, 0.4) is 0 Å². The van der Waals surface area contributed by atoms with Crippen LogP contribution in [-0.4, -0.2) is 48.2 Å². The first-order valence-electron chi connectivity index (χ1n) is 8.48. The van der Waals surface area contributed by atoms with Gasteiger partial charge in [0.15, 0.2) is 5.96 Å². The molecule has 0 bridgehead atoms. The van der Waals surface area contributed by atoms with E-state index in [0.717, 1.165) is 42.8 Å². The predicted octanol–water partition coefficient (Wildman–Crippen LogP) is 3.28. The lowest BCUT2D eigenvalue weighted by Gasteiger charge is -2.55. The van der Waals surface area contributed by atoms with Crippen LogP contribution in [0.15, 0.2) is 10.4 Å². The molecule has 0 radical (unpaired) electrons. The maximum absolute atomic E-state index is 5.90. The summed E-state index contributed by atoms with van der Waals surface area (Å²) >= 11 is 1.70. The molecule has 2 fully saturated rings. The maximum Gasteiger partial charge on any atom is 0.194 e. The number of aromatic nitrogens is 1. The van der Waals surface area contributed by atoms with Gasteiger partial charge in [0.25, 0.3) is 0 Å². The van der Waals surface area contributed by atoms with Gasteiger partial charge in [-0.25, -0.2) is 4.98 Å². The van der Waals surface area contributed by atoms with Gasteiger partial charge >= 0.3 is 0 Å². The Hall–Kier alpha value is -0.410. The van der Waals surface area contributed by atoms with Crippen LogP contribution < -0.4 is 5.32 Å². The Balaban J connectivity index is 0.00000208. The zero-order valence-corrected chi connectivity index (χ0v) is 18.4. The van der Waals surface area contributed by atoms with Crippen LogP contribution in [-0.2, 0) is 11.3 Å². The van der Waals surface area contributed by atoms with Gasteiger partial charge in [-0.3, -0.25) is 4.99 Å². The van der Waals surface area contributed by atoms with E-state index < -0.39 is 0 Å². The molecule has 1 aromatic rings. The van der Waals surface area contributed by atoms with Crippen molar-refractivity contribution in [1.82, 2.24) is 15.2 Å². The lowest BCUT2D eigenvalue weighted by atomic mass is 9.57. The molecule has 0 aromatic carbocycles. The van der Waals surface area contributed by atoms with Crippen LogP contribution in [0.5, 0.6) is 0 Å². The molecule has 24 heavy (non-hydrogen) atoms. The van der Waals surface area contributed by atoms with Crippen molar-refractivity contribution >= 4 is 41.3 Å². The van der Waals surface area contributed by atoms with Crippen LogP contribution in [0.1, 0.15) is 37.9 Å². The highest BCUT2D eigenvalue weighted by Gasteiger charge is 2.59. The normalized spacial score (nSPS) is 27.9. The number of hydrogen-bond acceptors (Lipinski definition) is 4. The monoisotopic (exact) mass is 464 g/mol. The molecular formula is C17H29IN4OS. The van der Waals surface area contributed by atoms with Crippen molar-refractivity contribution in [2.75, 3.05) is 20.2 Å². The molecule has 3 rings (SSSR count). The highest BCUT2D eigenvalue weighted by molar-refractivity contribution is 14.0. The summed E-state index contributed by atoms with van der Waals surface area (Å²) in [5.41, 5.74) is 1.27. The Kier molecular flexibility index (Phi) is 6.52. The third-order valence-electron chi connectivity index (χ3n) is 5.12. The number of rotatable bonds is 4. The quantitative estimate of drug-likeness (QED) is 0.422. The second-order valence-electron chi connectivity index (χ2n) is 7.20. The molecule has 1 saturated carbocycles. The van der Waals surface area contributed by atoms with Crippen LogP contribution >= 0.6 is 35.3 Å². The summed E-state index contributed by atoms with van der Waals surface area (Å²) in [4.78, 5) is 11.4. The summed E-state index contributed by atoms with van der Waals surface area (Å²) in [6.07, 6.45) is 1.55. The topological polar surface area (TPSA) is 49.8 Å². The molecule has 2 heterocycles. The molecule has 0 spiro atoms. The Morgan fingerprint density at radius 1 is 1.54 bits per heavy atom. The average molecular weight is 464 g/mol. The number of nitrogens with one attached hydrogen (secondary N) is 1. The van der Waals surface area contributed by atoms with Gasteiger partial charge in [-0.05, 0) is 20.3 Å². The molecule has 1 aliphatic heterocycles. The van der Waals surface area contributed by atoms with E-state index in [4.69, 9.17) is 9.73 Å². The van der Waals surface area contributed by atoms with Gasteiger partial charge in [0, 0.05) is 43.0 Å². The van der Waals surface area contributed by atoms with Crippen LogP contribution in [0.25, 0.3) is 0 Å². The second-order valence-corrected chi connectivity index (χ2v) is 8.26. The first-order valence-corrected chi connectivity index (χ1v) is 9.36. The molecule has 5 nitrogen and oxygen atoms in total. The minimum atomic E-state index is 0. The molecule has 1 saturated heterocycles. The summed E-state index contributed by atoms with van der Waals surface area (Å²) in [5.74, 6) is 1.59. The van der Waals surface area contributed by atoms with Crippen molar-refractivity contribution in [1.29, 1.82) is 0 Å². The van der Waals surface area contributed by atoms with E-state index in [0.29, 0.717) is 18.1 Å². The van der Waals surface area contributed by atoms with E-state index >= 15 is 0 Å². The fourth-order valence-electron chi connectivity index (χ4n) is 3.98. The second kappa shape index (κ2) is 7.86. The number of hydrogen-bond donors (Lipinski definition) is 1. The van der Waals surface area contributed by atoms with Crippen LogP contribution in [0.4, 0.5) is 0 Å². The highest BCUT2D eigenvalue weighted by atomic mass is 127. The molecule has 3 atom stereocenters. The summed E-state index contributed by atoms with van der Waals surface area (Å²) < 4.78 is 5.90. The smallest absolute Gasteiger partial charge is 0.194 e. The summed E-state index contributed by atoms with van der Waals surface area (Å²) in [7, 11) is 2.09. The Morgan fingerprint density at radius 2 is 2.29 bits per heavy atom. The molecular weight excluding hydrogens is 435 g/mol. The van der Waals surface area contributed by atoms with Gasteiger partial charge in [0.05, 0.1) is 23.4 Å². The fraction of sp³-hybridized carbons (Fsp3) is 0.765. The Morgan fingerprint density at radius 3 is 2.92 bits per heavy atom. The molecule has 1 N–H and O–H groups in total. The molecule has 136 valence electrons. The summed E-state index contributed by atoms with van der Waals surface area (Å²) in [6, 6.07) is 0.430. The minimum Gasteiger partial charge on any atom is -0.377 e. The van der Waals surface area contributed by atoms with E-state index in [-0.39, 0.29) is 29.4 Å². The Bertz CT molecular complexity index is 589. The largest absolute Gasteiger partial charge is 0.377 e. The molecule has 2 aliphatic rings. The number of guanidine groups is 1.